The maximum Gasteiger partial charge on any atom is 0.0260 e. The van der Waals surface area contributed by atoms with Crippen LogP contribution in [-0.2, 0) is 6.54 Å². The van der Waals surface area contributed by atoms with Crippen molar-refractivity contribution >= 4 is 5.57 Å². The average Bonchev–Trinajstić information content (AvgIpc) is 2.84. The average molecular weight is 211 g/mol. The molecule has 0 unspecified atom stereocenters. The van der Waals surface area contributed by atoms with E-state index in [-0.39, 0.29) is 0 Å². The number of benzene rings is 1. The standard InChI is InChI=1S/C15H17N/c1-2-14(15-8-4-3-5-9-15)10-13-16-11-6-7-12-16/h2-9,11-12H,10,13H2,1H3/b14-2+. The number of aryl methyl sites for hydroxylation is 1. The van der Waals surface area contributed by atoms with Gasteiger partial charge in [0.25, 0.3) is 0 Å². The van der Waals surface area contributed by atoms with Crippen LogP contribution in [0.3, 0.4) is 0 Å². The van der Waals surface area contributed by atoms with E-state index in [2.05, 4.69) is 72.4 Å². The first kappa shape index (κ1) is 10.7. The lowest BCUT2D eigenvalue weighted by molar-refractivity contribution is 0.722. The molecule has 0 aliphatic rings. The zero-order chi connectivity index (χ0) is 11.2. The van der Waals surface area contributed by atoms with Crippen LogP contribution in [0.4, 0.5) is 0 Å². The quantitative estimate of drug-likeness (QED) is 0.720. The summed E-state index contributed by atoms with van der Waals surface area (Å²) in [4.78, 5) is 0. The Morgan fingerprint density at radius 2 is 1.75 bits per heavy atom. The third-order valence-electron chi connectivity index (χ3n) is 2.80. The molecule has 2 aromatic rings. The van der Waals surface area contributed by atoms with E-state index in [1.807, 2.05) is 0 Å². The van der Waals surface area contributed by atoms with E-state index in [1.165, 1.54) is 11.1 Å². The lowest BCUT2D eigenvalue weighted by Gasteiger charge is -2.08. The van der Waals surface area contributed by atoms with Crippen LogP contribution in [0.15, 0.2) is 60.9 Å². The van der Waals surface area contributed by atoms with Gasteiger partial charge in [-0.2, -0.15) is 0 Å². The molecule has 0 saturated carbocycles. The summed E-state index contributed by atoms with van der Waals surface area (Å²) in [5.41, 5.74) is 2.74. The number of aromatic nitrogens is 1. The highest BCUT2D eigenvalue weighted by molar-refractivity contribution is 5.64. The molecule has 0 N–H and O–H groups in total. The van der Waals surface area contributed by atoms with Crippen LogP contribution in [0.25, 0.3) is 5.57 Å². The Labute approximate surface area is 97.0 Å². The lowest BCUT2D eigenvalue weighted by Crippen LogP contribution is -1.95. The molecule has 2 rings (SSSR count). The second-order valence-corrected chi connectivity index (χ2v) is 3.85. The Morgan fingerprint density at radius 3 is 2.38 bits per heavy atom. The summed E-state index contributed by atoms with van der Waals surface area (Å²) < 4.78 is 2.21. The minimum Gasteiger partial charge on any atom is -0.354 e. The van der Waals surface area contributed by atoms with E-state index in [4.69, 9.17) is 0 Å². The molecule has 0 amide bonds. The van der Waals surface area contributed by atoms with Crippen molar-refractivity contribution in [2.45, 2.75) is 19.9 Å². The highest BCUT2D eigenvalue weighted by atomic mass is 14.9. The highest BCUT2D eigenvalue weighted by Crippen LogP contribution is 2.18. The van der Waals surface area contributed by atoms with Crippen molar-refractivity contribution in [2.24, 2.45) is 0 Å². The van der Waals surface area contributed by atoms with Crippen LogP contribution in [0.2, 0.25) is 0 Å². The summed E-state index contributed by atoms with van der Waals surface area (Å²) in [7, 11) is 0. The van der Waals surface area contributed by atoms with Gasteiger partial charge in [-0.1, -0.05) is 36.4 Å². The second-order valence-electron chi connectivity index (χ2n) is 3.85. The molecule has 82 valence electrons. The molecule has 16 heavy (non-hydrogen) atoms. The van der Waals surface area contributed by atoms with Crippen LogP contribution < -0.4 is 0 Å². The van der Waals surface area contributed by atoms with Crippen LogP contribution in [0, 0.1) is 0 Å². The van der Waals surface area contributed by atoms with Crippen LogP contribution in [0.1, 0.15) is 18.9 Å². The normalized spacial score (nSPS) is 11.7. The van der Waals surface area contributed by atoms with Gasteiger partial charge in [-0.05, 0) is 36.6 Å². The first-order valence-corrected chi connectivity index (χ1v) is 5.71. The lowest BCUT2D eigenvalue weighted by atomic mass is 10.0. The van der Waals surface area contributed by atoms with Gasteiger partial charge in [-0.25, -0.2) is 0 Å². The fourth-order valence-corrected chi connectivity index (χ4v) is 1.88. The Hall–Kier alpha value is -1.76. The van der Waals surface area contributed by atoms with Crippen LogP contribution in [-0.4, -0.2) is 4.57 Å². The van der Waals surface area contributed by atoms with Gasteiger partial charge in [0.2, 0.25) is 0 Å². The first-order valence-electron chi connectivity index (χ1n) is 5.71. The van der Waals surface area contributed by atoms with Crippen molar-refractivity contribution in [1.82, 2.24) is 4.57 Å². The Morgan fingerprint density at radius 1 is 1.06 bits per heavy atom. The van der Waals surface area contributed by atoms with Gasteiger partial charge in [-0.15, -0.1) is 0 Å². The molecule has 0 fully saturated rings. The minimum atomic E-state index is 1.04. The molecule has 1 nitrogen and oxygen atoms in total. The largest absolute Gasteiger partial charge is 0.354 e. The molecule has 0 radical (unpaired) electrons. The van der Waals surface area contributed by atoms with E-state index >= 15 is 0 Å². The van der Waals surface area contributed by atoms with Gasteiger partial charge in [0.1, 0.15) is 0 Å². The van der Waals surface area contributed by atoms with Gasteiger partial charge in [0.15, 0.2) is 0 Å². The number of rotatable bonds is 4. The fourth-order valence-electron chi connectivity index (χ4n) is 1.88. The van der Waals surface area contributed by atoms with Crippen molar-refractivity contribution in [3.8, 4) is 0 Å². The maximum atomic E-state index is 2.21. The van der Waals surface area contributed by atoms with E-state index in [0.717, 1.165) is 13.0 Å². The topological polar surface area (TPSA) is 4.93 Å². The molecule has 0 aliphatic carbocycles. The molecular weight excluding hydrogens is 194 g/mol. The molecule has 1 heteroatoms. The zero-order valence-corrected chi connectivity index (χ0v) is 9.63. The summed E-state index contributed by atoms with van der Waals surface area (Å²) in [5, 5.41) is 0. The summed E-state index contributed by atoms with van der Waals surface area (Å²) in [6, 6.07) is 14.7. The van der Waals surface area contributed by atoms with E-state index in [0.29, 0.717) is 0 Å². The van der Waals surface area contributed by atoms with Gasteiger partial charge in [0, 0.05) is 18.9 Å². The molecule has 1 heterocycles. The third kappa shape index (κ3) is 2.63. The summed E-state index contributed by atoms with van der Waals surface area (Å²) in [5.74, 6) is 0. The third-order valence-corrected chi connectivity index (χ3v) is 2.80. The summed E-state index contributed by atoms with van der Waals surface area (Å²) in [6.07, 6.45) is 7.50. The number of hydrogen-bond acceptors (Lipinski definition) is 0. The number of hydrogen-bond donors (Lipinski definition) is 0. The van der Waals surface area contributed by atoms with Crippen molar-refractivity contribution in [1.29, 1.82) is 0 Å². The van der Waals surface area contributed by atoms with E-state index < -0.39 is 0 Å². The predicted molar refractivity (Wildman–Crippen MR) is 69.1 cm³/mol. The van der Waals surface area contributed by atoms with E-state index in [1.54, 1.807) is 0 Å². The molecule has 1 aromatic heterocycles. The van der Waals surface area contributed by atoms with Gasteiger partial charge < -0.3 is 4.57 Å². The molecule has 0 atom stereocenters. The summed E-state index contributed by atoms with van der Waals surface area (Å²) >= 11 is 0. The van der Waals surface area contributed by atoms with Crippen molar-refractivity contribution in [3.63, 3.8) is 0 Å². The smallest absolute Gasteiger partial charge is 0.0260 e. The van der Waals surface area contributed by atoms with Crippen molar-refractivity contribution in [2.75, 3.05) is 0 Å². The van der Waals surface area contributed by atoms with Crippen LogP contribution in [0.5, 0.6) is 0 Å². The highest BCUT2D eigenvalue weighted by Gasteiger charge is 1.99. The molecule has 1 aromatic carbocycles. The first-order chi connectivity index (χ1) is 7.90. The molecule has 0 saturated heterocycles. The second kappa shape index (κ2) is 5.36. The van der Waals surface area contributed by atoms with Crippen molar-refractivity contribution < 1.29 is 0 Å². The number of allylic oxidation sites excluding steroid dienone is 2. The number of nitrogens with zero attached hydrogens (tertiary/aromatic N) is 1. The monoisotopic (exact) mass is 211 g/mol. The fraction of sp³-hybridized carbons (Fsp3) is 0.200. The Balaban J connectivity index is 2.03. The Bertz CT molecular complexity index is 438. The van der Waals surface area contributed by atoms with Gasteiger partial charge in [-0.3, -0.25) is 0 Å². The van der Waals surface area contributed by atoms with Gasteiger partial charge in [0.05, 0.1) is 0 Å². The molecular formula is C15H17N. The SMILES string of the molecule is C/C=C(\CCn1cccc1)c1ccccc1. The Kier molecular flexibility index (Phi) is 3.60. The molecule has 0 spiro atoms. The van der Waals surface area contributed by atoms with Crippen molar-refractivity contribution in [3.05, 3.63) is 66.5 Å². The van der Waals surface area contributed by atoms with Crippen LogP contribution >= 0.6 is 0 Å². The zero-order valence-electron chi connectivity index (χ0n) is 9.63. The van der Waals surface area contributed by atoms with Gasteiger partial charge >= 0.3 is 0 Å². The molecule has 0 aliphatic heterocycles. The molecule has 0 bridgehead atoms. The summed E-state index contributed by atoms with van der Waals surface area (Å²) in [6.45, 7) is 3.15. The predicted octanol–water partition coefficient (Wildman–Crippen LogP) is 3.98. The minimum absolute atomic E-state index is 1.04. The van der Waals surface area contributed by atoms with E-state index in [9.17, 15) is 0 Å². The maximum absolute atomic E-state index is 2.21.